The van der Waals surface area contributed by atoms with Gasteiger partial charge in [-0.3, -0.25) is 0 Å². The fraction of sp³-hybridized carbons (Fsp3) is 0.333. The van der Waals surface area contributed by atoms with Crippen LogP contribution in [-0.4, -0.2) is 0 Å². The molecular weight excluding hydrogens is 446 g/mol. The van der Waals surface area contributed by atoms with Crippen molar-refractivity contribution in [3.8, 4) is 0 Å². The number of hydrogen-bond acceptors (Lipinski definition) is 1. The molecule has 0 radical (unpaired) electrons. The highest BCUT2D eigenvalue weighted by molar-refractivity contribution is 5.59. The van der Waals surface area contributed by atoms with Gasteiger partial charge in [0.1, 0.15) is 0 Å². The highest BCUT2D eigenvalue weighted by atomic mass is 14.9. The zero-order valence-electron chi connectivity index (χ0n) is 23.3. The number of benzene rings is 4. The second kappa shape index (κ2) is 11.8. The molecule has 1 aliphatic carbocycles. The Kier molecular flexibility index (Phi) is 8.54. The van der Waals surface area contributed by atoms with Crippen LogP contribution < -0.4 is 5.32 Å². The predicted octanol–water partition coefficient (Wildman–Crippen LogP) is 10.3. The summed E-state index contributed by atoms with van der Waals surface area (Å²) in [4.78, 5) is 0. The number of rotatable bonds is 4. The van der Waals surface area contributed by atoms with Crippen LogP contribution in [-0.2, 0) is 5.41 Å². The van der Waals surface area contributed by atoms with Gasteiger partial charge in [0.25, 0.3) is 0 Å². The van der Waals surface area contributed by atoms with Crippen LogP contribution in [0.2, 0.25) is 0 Å². The average molecular weight is 490 g/mol. The van der Waals surface area contributed by atoms with Crippen molar-refractivity contribution < 1.29 is 0 Å². The van der Waals surface area contributed by atoms with Gasteiger partial charge in [0.2, 0.25) is 0 Å². The lowest BCUT2D eigenvalue weighted by Crippen LogP contribution is -2.36. The molecule has 0 spiro atoms. The molecule has 1 N–H and O–H groups in total. The standard InChI is InChI=1S/C22H28.C14H15N/c1-21(2,3)18-14-16-22(17-15-18,19-10-6-4-7-11-19)20-12-8-5-9-13-20;1-11-3-7-13(8-4-11)15-14-9-5-12(2)6-10-14/h4-13,18H,14-17H2,1-3H3;3-10,15H,1-2H3. The molecule has 0 atom stereocenters. The van der Waals surface area contributed by atoms with Crippen LogP contribution in [0.1, 0.15) is 68.7 Å². The zero-order valence-corrected chi connectivity index (χ0v) is 23.3. The van der Waals surface area contributed by atoms with Gasteiger partial charge in [-0.15, -0.1) is 0 Å². The van der Waals surface area contributed by atoms with E-state index in [9.17, 15) is 0 Å². The van der Waals surface area contributed by atoms with Gasteiger partial charge in [0, 0.05) is 16.8 Å². The Bertz CT molecular complexity index is 1120. The van der Waals surface area contributed by atoms with Gasteiger partial charge in [-0.1, -0.05) is 117 Å². The molecule has 1 saturated carbocycles. The lowest BCUT2D eigenvalue weighted by molar-refractivity contribution is 0.146. The maximum absolute atomic E-state index is 3.36. The summed E-state index contributed by atoms with van der Waals surface area (Å²) >= 11 is 0. The van der Waals surface area contributed by atoms with Crippen molar-refractivity contribution in [1.29, 1.82) is 0 Å². The van der Waals surface area contributed by atoms with Crippen LogP contribution in [0, 0.1) is 25.2 Å². The van der Waals surface area contributed by atoms with Crippen LogP contribution >= 0.6 is 0 Å². The summed E-state index contributed by atoms with van der Waals surface area (Å²) in [5.74, 6) is 0.841. The molecule has 0 amide bonds. The first-order valence-corrected chi connectivity index (χ1v) is 13.8. The molecule has 4 aromatic rings. The van der Waals surface area contributed by atoms with Gasteiger partial charge >= 0.3 is 0 Å². The molecule has 5 rings (SSSR count). The van der Waals surface area contributed by atoms with Crippen molar-refractivity contribution in [3.05, 3.63) is 131 Å². The van der Waals surface area contributed by atoms with Crippen molar-refractivity contribution in [3.63, 3.8) is 0 Å². The minimum Gasteiger partial charge on any atom is -0.356 e. The largest absolute Gasteiger partial charge is 0.356 e. The Labute approximate surface area is 225 Å². The average Bonchev–Trinajstić information content (AvgIpc) is 2.92. The lowest BCUT2D eigenvalue weighted by Gasteiger charge is -2.45. The molecular formula is C36H43N. The molecule has 0 bridgehead atoms. The fourth-order valence-corrected chi connectivity index (χ4v) is 5.68. The smallest absolute Gasteiger partial charge is 0.0384 e. The number of nitrogens with one attached hydrogen (secondary N) is 1. The van der Waals surface area contributed by atoms with E-state index in [1.165, 1.54) is 47.9 Å². The molecule has 0 aromatic heterocycles. The second-order valence-electron chi connectivity index (χ2n) is 11.8. The third-order valence-corrected chi connectivity index (χ3v) is 8.11. The van der Waals surface area contributed by atoms with Gasteiger partial charge in [-0.2, -0.15) is 0 Å². The van der Waals surface area contributed by atoms with Gasteiger partial charge in [0.05, 0.1) is 0 Å². The van der Waals surface area contributed by atoms with Crippen LogP contribution in [0.5, 0.6) is 0 Å². The van der Waals surface area contributed by atoms with E-state index in [1.807, 2.05) is 0 Å². The van der Waals surface area contributed by atoms with Crippen LogP contribution in [0.3, 0.4) is 0 Å². The minimum atomic E-state index is 0.213. The first-order valence-electron chi connectivity index (χ1n) is 13.8. The Morgan fingerprint density at radius 2 is 0.946 bits per heavy atom. The summed E-state index contributed by atoms with van der Waals surface area (Å²) in [5.41, 5.74) is 8.45. The highest BCUT2D eigenvalue weighted by Crippen LogP contribution is 2.50. The molecule has 4 aromatic carbocycles. The van der Waals surface area contributed by atoms with Crippen LogP contribution in [0.4, 0.5) is 11.4 Å². The van der Waals surface area contributed by atoms with Crippen molar-refractivity contribution in [2.45, 2.75) is 65.7 Å². The van der Waals surface area contributed by atoms with Gasteiger partial charge in [-0.05, 0) is 86.3 Å². The number of aryl methyl sites for hydroxylation is 2. The van der Waals surface area contributed by atoms with E-state index in [-0.39, 0.29) is 5.41 Å². The summed E-state index contributed by atoms with van der Waals surface area (Å²) in [6.45, 7) is 11.4. The molecule has 0 aliphatic heterocycles. The van der Waals surface area contributed by atoms with E-state index in [0.29, 0.717) is 5.41 Å². The van der Waals surface area contributed by atoms with E-state index in [0.717, 1.165) is 17.3 Å². The molecule has 37 heavy (non-hydrogen) atoms. The third kappa shape index (κ3) is 6.92. The monoisotopic (exact) mass is 489 g/mol. The van der Waals surface area contributed by atoms with E-state index in [1.54, 1.807) is 0 Å². The quantitative estimate of drug-likeness (QED) is 0.301. The first-order chi connectivity index (χ1) is 17.8. The Morgan fingerprint density at radius 1 is 0.568 bits per heavy atom. The second-order valence-corrected chi connectivity index (χ2v) is 11.8. The summed E-state index contributed by atoms with van der Waals surface area (Å²) in [6, 6.07) is 39.1. The molecule has 1 nitrogen and oxygen atoms in total. The summed E-state index contributed by atoms with van der Waals surface area (Å²) < 4.78 is 0. The lowest BCUT2D eigenvalue weighted by atomic mass is 9.59. The summed E-state index contributed by atoms with van der Waals surface area (Å²) in [7, 11) is 0. The van der Waals surface area contributed by atoms with Gasteiger partial charge in [-0.25, -0.2) is 0 Å². The van der Waals surface area contributed by atoms with Crippen LogP contribution in [0.15, 0.2) is 109 Å². The number of hydrogen-bond donors (Lipinski definition) is 1. The van der Waals surface area contributed by atoms with E-state index in [2.05, 4.69) is 149 Å². The SMILES string of the molecule is CC(C)(C)C1CCC(c2ccccc2)(c2ccccc2)CC1.Cc1ccc(Nc2ccc(C)cc2)cc1. The Balaban J connectivity index is 0.000000186. The highest BCUT2D eigenvalue weighted by Gasteiger charge is 2.40. The summed E-state index contributed by atoms with van der Waals surface area (Å²) in [6.07, 6.45) is 5.19. The topological polar surface area (TPSA) is 12.0 Å². The number of anilines is 2. The minimum absolute atomic E-state index is 0.213. The molecule has 1 heteroatoms. The van der Waals surface area contributed by atoms with E-state index >= 15 is 0 Å². The summed E-state index contributed by atoms with van der Waals surface area (Å²) in [5, 5.41) is 3.36. The first kappa shape index (κ1) is 26.7. The normalized spacial score (nSPS) is 15.4. The molecule has 0 unspecified atom stereocenters. The van der Waals surface area contributed by atoms with Crippen LogP contribution in [0.25, 0.3) is 0 Å². The fourth-order valence-electron chi connectivity index (χ4n) is 5.68. The van der Waals surface area contributed by atoms with Gasteiger partial charge < -0.3 is 5.32 Å². The third-order valence-electron chi connectivity index (χ3n) is 8.11. The van der Waals surface area contributed by atoms with Gasteiger partial charge in [0.15, 0.2) is 0 Å². The zero-order chi connectivity index (χ0) is 26.3. The van der Waals surface area contributed by atoms with E-state index < -0.39 is 0 Å². The van der Waals surface area contributed by atoms with Crippen molar-refractivity contribution in [2.75, 3.05) is 5.32 Å². The maximum Gasteiger partial charge on any atom is 0.0384 e. The van der Waals surface area contributed by atoms with E-state index in [4.69, 9.17) is 0 Å². The maximum atomic E-state index is 3.36. The Morgan fingerprint density at radius 3 is 1.30 bits per heavy atom. The predicted molar refractivity (Wildman–Crippen MR) is 161 cm³/mol. The van der Waals surface area contributed by atoms with Crippen molar-refractivity contribution in [1.82, 2.24) is 0 Å². The molecule has 1 aliphatic rings. The molecule has 1 fully saturated rings. The van der Waals surface area contributed by atoms with Crippen molar-refractivity contribution in [2.24, 2.45) is 11.3 Å². The molecule has 192 valence electrons. The Hall–Kier alpha value is -3.32. The van der Waals surface area contributed by atoms with Crippen molar-refractivity contribution >= 4 is 11.4 Å². The molecule has 0 saturated heterocycles. The molecule has 0 heterocycles.